The Labute approximate surface area is 128 Å². The van der Waals surface area contributed by atoms with E-state index in [1.54, 1.807) is 0 Å². The van der Waals surface area contributed by atoms with Crippen molar-refractivity contribution in [2.75, 3.05) is 18.4 Å². The predicted octanol–water partition coefficient (Wildman–Crippen LogP) is 3.63. The summed E-state index contributed by atoms with van der Waals surface area (Å²) < 4.78 is 0. The number of hydrogen-bond acceptors (Lipinski definition) is 3. The number of pyridine rings is 1. The van der Waals surface area contributed by atoms with Crippen LogP contribution in [-0.4, -0.2) is 24.0 Å². The van der Waals surface area contributed by atoms with Gasteiger partial charge in [0.15, 0.2) is 0 Å². The van der Waals surface area contributed by atoms with Gasteiger partial charge in [-0.1, -0.05) is 41.0 Å². The molecule has 1 aromatic rings. The average molecular weight is 291 g/mol. The van der Waals surface area contributed by atoms with E-state index < -0.39 is 0 Å². The standard InChI is InChI=1S/C17H29N3O/c1-6-8-14-10-13(11-15(20-14)18-9-7-2)16(21)19-12-17(3,4)5/h10-11H,6-9,12H2,1-5H3,(H,18,20)(H,19,21). The van der Waals surface area contributed by atoms with Crippen molar-refractivity contribution in [1.82, 2.24) is 10.3 Å². The molecule has 1 aromatic heterocycles. The van der Waals surface area contributed by atoms with Crippen molar-refractivity contribution in [1.29, 1.82) is 0 Å². The number of aromatic nitrogens is 1. The van der Waals surface area contributed by atoms with Gasteiger partial charge >= 0.3 is 0 Å². The normalized spacial score (nSPS) is 11.3. The summed E-state index contributed by atoms with van der Waals surface area (Å²) in [4.78, 5) is 16.9. The van der Waals surface area contributed by atoms with Crippen molar-refractivity contribution >= 4 is 11.7 Å². The van der Waals surface area contributed by atoms with E-state index in [1.807, 2.05) is 12.1 Å². The number of nitrogens with one attached hydrogen (secondary N) is 2. The van der Waals surface area contributed by atoms with E-state index in [1.165, 1.54) is 0 Å². The lowest BCUT2D eigenvalue weighted by molar-refractivity contribution is 0.0939. The summed E-state index contributed by atoms with van der Waals surface area (Å²) in [5, 5.41) is 6.27. The molecule has 0 saturated carbocycles. The molecule has 0 saturated heterocycles. The van der Waals surface area contributed by atoms with Crippen LogP contribution in [0.5, 0.6) is 0 Å². The lowest BCUT2D eigenvalue weighted by atomic mass is 9.97. The number of carbonyl (C=O) groups excluding carboxylic acids is 1. The van der Waals surface area contributed by atoms with Crippen molar-refractivity contribution in [3.05, 3.63) is 23.4 Å². The van der Waals surface area contributed by atoms with Crippen LogP contribution >= 0.6 is 0 Å². The number of rotatable bonds is 7. The minimum absolute atomic E-state index is 0.0239. The highest BCUT2D eigenvalue weighted by molar-refractivity contribution is 5.95. The Morgan fingerprint density at radius 3 is 2.48 bits per heavy atom. The third-order valence-corrected chi connectivity index (χ3v) is 2.98. The highest BCUT2D eigenvalue weighted by Crippen LogP contribution is 2.14. The number of carbonyl (C=O) groups is 1. The van der Waals surface area contributed by atoms with Gasteiger partial charge in [0.2, 0.25) is 0 Å². The smallest absolute Gasteiger partial charge is 0.251 e. The molecule has 0 aromatic carbocycles. The molecule has 1 heterocycles. The zero-order valence-corrected chi connectivity index (χ0v) is 14.0. The summed E-state index contributed by atoms with van der Waals surface area (Å²) in [5.74, 6) is 0.771. The van der Waals surface area contributed by atoms with Crippen molar-refractivity contribution in [3.8, 4) is 0 Å². The lowest BCUT2D eigenvalue weighted by Crippen LogP contribution is -2.32. The third kappa shape index (κ3) is 6.61. The molecule has 118 valence electrons. The van der Waals surface area contributed by atoms with Gasteiger partial charge in [-0.25, -0.2) is 4.98 Å². The SMILES string of the molecule is CCCNc1cc(C(=O)NCC(C)(C)C)cc(CCC)n1. The lowest BCUT2D eigenvalue weighted by Gasteiger charge is -2.19. The first kappa shape index (κ1) is 17.5. The molecule has 0 aliphatic heterocycles. The molecule has 0 aliphatic rings. The maximum absolute atomic E-state index is 12.3. The summed E-state index contributed by atoms with van der Waals surface area (Å²) >= 11 is 0. The number of aryl methyl sites for hydroxylation is 1. The van der Waals surface area contributed by atoms with Crippen LogP contribution in [0.1, 0.15) is 63.5 Å². The first-order valence-corrected chi connectivity index (χ1v) is 7.88. The number of anilines is 1. The Morgan fingerprint density at radius 1 is 1.19 bits per heavy atom. The minimum atomic E-state index is -0.0239. The van der Waals surface area contributed by atoms with Crippen LogP contribution in [0.2, 0.25) is 0 Å². The Balaban J connectivity index is 2.87. The monoisotopic (exact) mass is 291 g/mol. The molecule has 0 atom stereocenters. The van der Waals surface area contributed by atoms with Gasteiger partial charge in [0, 0.05) is 24.3 Å². The number of amides is 1. The maximum atomic E-state index is 12.3. The first-order valence-electron chi connectivity index (χ1n) is 7.88. The Kier molecular flexibility index (Phi) is 6.66. The second-order valence-corrected chi connectivity index (χ2v) is 6.65. The molecule has 4 heteroatoms. The second-order valence-electron chi connectivity index (χ2n) is 6.65. The molecular weight excluding hydrogens is 262 g/mol. The molecule has 1 rings (SSSR count). The maximum Gasteiger partial charge on any atom is 0.251 e. The van der Waals surface area contributed by atoms with E-state index in [9.17, 15) is 4.79 Å². The highest BCUT2D eigenvalue weighted by Gasteiger charge is 2.14. The largest absolute Gasteiger partial charge is 0.370 e. The zero-order chi connectivity index (χ0) is 15.9. The van der Waals surface area contributed by atoms with Gasteiger partial charge < -0.3 is 10.6 Å². The molecule has 0 unspecified atom stereocenters. The second kappa shape index (κ2) is 8.01. The van der Waals surface area contributed by atoms with Crippen LogP contribution in [0.4, 0.5) is 5.82 Å². The summed E-state index contributed by atoms with van der Waals surface area (Å²) in [5.41, 5.74) is 1.74. The van der Waals surface area contributed by atoms with Gasteiger partial charge in [-0.15, -0.1) is 0 Å². The van der Waals surface area contributed by atoms with E-state index in [0.29, 0.717) is 12.1 Å². The van der Waals surface area contributed by atoms with Gasteiger partial charge in [0.05, 0.1) is 0 Å². The number of hydrogen-bond donors (Lipinski definition) is 2. The highest BCUT2D eigenvalue weighted by atomic mass is 16.1. The summed E-state index contributed by atoms with van der Waals surface area (Å²) in [6.07, 6.45) is 2.94. The van der Waals surface area contributed by atoms with Gasteiger partial charge in [-0.05, 0) is 30.4 Å². The Morgan fingerprint density at radius 2 is 1.90 bits per heavy atom. The molecule has 21 heavy (non-hydrogen) atoms. The molecule has 0 bridgehead atoms. The fourth-order valence-electron chi connectivity index (χ4n) is 1.89. The average Bonchev–Trinajstić information content (AvgIpc) is 2.42. The fraction of sp³-hybridized carbons (Fsp3) is 0.647. The van der Waals surface area contributed by atoms with Crippen LogP contribution in [0.25, 0.3) is 0 Å². The molecule has 0 aliphatic carbocycles. The number of nitrogens with zero attached hydrogens (tertiary/aromatic N) is 1. The summed E-state index contributed by atoms with van der Waals surface area (Å²) in [6.45, 7) is 12.1. The van der Waals surface area contributed by atoms with Crippen LogP contribution in [-0.2, 0) is 6.42 Å². The zero-order valence-electron chi connectivity index (χ0n) is 14.0. The predicted molar refractivity (Wildman–Crippen MR) is 88.8 cm³/mol. The van der Waals surface area contributed by atoms with Crippen molar-refractivity contribution < 1.29 is 4.79 Å². The van der Waals surface area contributed by atoms with Crippen molar-refractivity contribution in [3.63, 3.8) is 0 Å². The van der Waals surface area contributed by atoms with E-state index >= 15 is 0 Å². The van der Waals surface area contributed by atoms with Crippen LogP contribution in [0.3, 0.4) is 0 Å². The first-order chi connectivity index (χ1) is 9.85. The van der Waals surface area contributed by atoms with Gasteiger partial charge in [0.25, 0.3) is 5.91 Å². The molecule has 0 spiro atoms. The molecule has 2 N–H and O–H groups in total. The van der Waals surface area contributed by atoms with E-state index in [-0.39, 0.29) is 11.3 Å². The van der Waals surface area contributed by atoms with E-state index in [2.05, 4.69) is 50.2 Å². The quantitative estimate of drug-likeness (QED) is 0.806. The van der Waals surface area contributed by atoms with Crippen molar-refractivity contribution in [2.45, 2.75) is 53.9 Å². The topological polar surface area (TPSA) is 54.0 Å². The third-order valence-electron chi connectivity index (χ3n) is 2.98. The molecule has 0 radical (unpaired) electrons. The molecule has 1 amide bonds. The van der Waals surface area contributed by atoms with Crippen LogP contribution < -0.4 is 10.6 Å². The summed E-state index contributed by atoms with van der Waals surface area (Å²) in [7, 11) is 0. The molecule has 0 fully saturated rings. The van der Waals surface area contributed by atoms with E-state index in [4.69, 9.17) is 0 Å². The van der Waals surface area contributed by atoms with Crippen molar-refractivity contribution in [2.24, 2.45) is 5.41 Å². The van der Waals surface area contributed by atoms with Gasteiger partial charge in [-0.2, -0.15) is 0 Å². The van der Waals surface area contributed by atoms with Gasteiger partial charge in [0.1, 0.15) is 5.82 Å². The van der Waals surface area contributed by atoms with Crippen LogP contribution in [0.15, 0.2) is 12.1 Å². The Hall–Kier alpha value is -1.58. The molecule has 4 nitrogen and oxygen atoms in total. The summed E-state index contributed by atoms with van der Waals surface area (Å²) in [6, 6.07) is 3.74. The van der Waals surface area contributed by atoms with Gasteiger partial charge in [-0.3, -0.25) is 4.79 Å². The Bertz CT molecular complexity index is 464. The van der Waals surface area contributed by atoms with Crippen LogP contribution in [0, 0.1) is 5.41 Å². The van der Waals surface area contributed by atoms with E-state index in [0.717, 1.165) is 37.3 Å². The minimum Gasteiger partial charge on any atom is -0.370 e. The fourth-order valence-corrected chi connectivity index (χ4v) is 1.89. The molecular formula is C17H29N3O.